The van der Waals surface area contributed by atoms with Crippen LogP contribution in [0.3, 0.4) is 0 Å². The third-order valence-electron chi connectivity index (χ3n) is 4.61. The van der Waals surface area contributed by atoms with Crippen LogP contribution in [0.5, 0.6) is 0 Å². The molecule has 2 rings (SSSR count). The summed E-state index contributed by atoms with van der Waals surface area (Å²) in [6.45, 7) is 6.04. The molecule has 158 valence electrons. The Kier molecular flexibility index (Phi) is 8.02. The second kappa shape index (κ2) is 10.3. The molecule has 2 aromatic rings. The van der Waals surface area contributed by atoms with Crippen LogP contribution in [0.25, 0.3) is 10.9 Å². The molecule has 0 bridgehead atoms. The number of aromatic nitrogens is 1. The number of methoxy groups -OCH3 is 1. The number of nitrogens with one attached hydrogen (secondary N) is 1. The second-order valence-electron chi connectivity index (χ2n) is 8.09. The van der Waals surface area contributed by atoms with E-state index in [-0.39, 0.29) is 0 Å². The smallest absolute Gasteiger partial charge is 0.335 e. The number of carbonyl (C=O) groups is 2. The molecule has 0 radical (unpaired) electrons. The Morgan fingerprint density at radius 2 is 1.76 bits per heavy atom. The second-order valence-corrected chi connectivity index (χ2v) is 8.09. The number of ether oxygens (including phenoxy) is 2. The number of esters is 2. The largest absolute Gasteiger partial charge is 0.466 e. The molecule has 1 aromatic carbocycles. The molecule has 29 heavy (non-hydrogen) atoms. The number of nitrogens with two attached hydrogens (primary N) is 1. The zero-order chi connectivity index (χ0) is 21.4. The van der Waals surface area contributed by atoms with Gasteiger partial charge in [0, 0.05) is 29.1 Å². The van der Waals surface area contributed by atoms with Crippen LogP contribution in [0.4, 0.5) is 0 Å². The lowest BCUT2D eigenvalue weighted by molar-refractivity contribution is -0.151. The molecule has 3 N–H and O–H groups in total. The van der Waals surface area contributed by atoms with Crippen molar-refractivity contribution in [1.82, 2.24) is 4.98 Å². The Labute approximate surface area is 172 Å². The predicted octanol–water partition coefficient (Wildman–Crippen LogP) is 4.04. The number of carbonyl (C=O) groups excluding carboxylic acids is 2. The van der Waals surface area contributed by atoms with Crippen LogP contribution in [0.15, 0.2) is 41.6 Å². The third kappa shape index (κ3) is 6.46. The van der Waals surface area contributed by atoms with Crippen LogP contribution in [0.1, 0.15) is 52.0 Å². The van der Waals surface area contributed by atoms with Gasteiger partial charge in [0.05, 0.1) is 12.7 Å². The van der Waals surface area contributed by atoms with Crippen molar-refractivity contribution < 1.29 is 19.1 Å². The molecule has 0 saturated heterocycles. The summed E-state index contributed by atoms with van der Waals surface area (Å²) in [6.07, 6.45) is 5.11. The summed E-state index contributed by atoms with van der Waals surface area (Å²) in [5.41, 5.74) is 7.57. The van der Waals surface area contributed by atoms with Crippen molar-refractivity contribution in [2.75, 3.05) is 13.7 Å². The van der Waals surface area contributed by atoms with Crippen molar-refractivity contribution in [2.24, 2.45) is 5.73 Å². The summed E-state index contributed by atoms with van der Waals surface area (Å²) < 4.78 is 10.6. The van der Waals surface area contributed by atoms with E-state index in [0.717, 1.165) is 35.7 Å². The number of H-pyrrole nitrogens is 1. The average Bonchev–Trinajstić information content (AvgIpc) is 3.07. The Balaban J connectivity index is 2.44. The first-order valence-electron chi connectivity index (χ1n) is 10.1. The predicted molar refractivity (Wildman–Crippen MR) is 114 cm³/mol. The summed E-state index contributed by atoms with van der Waals surface area (Å²) in [5, 5.41) is 1.01. The Morgan fingerprint density at radius 3 is 2.41 bits per heavy atom. The summed E-state index contributed by atoms with van der Waals surface area (Å²) in [6, 6.07) is 7.86. The highest BCUT2D eigenvalue weighted by Gasteiger charge is 2.27. The normalized spacial score (nSPS) is 12.6. The minimum absolute atomic E-state index is 0.294. The van der Waals surface area contributed by atoms with Gasteiger partial charge in [-0.25, -0.2) is 9.59 Å². The fraction of sp³-hybridized carbons (Fsp3) is 0.478. The summed E-state index contributed by atoms with van der Waals surface area (Å²) in [5.74, 6) is -0.972. The first kappa shape index (κ1) is 22.7. The Hall–Kier alpha value is -2.60. The maximum atomic E-state index is 13.0. The highest BCUT2D eigenvalue weighted by molar-refractivity contribution is 6.01. The standard InChI is InChI=1S/C23H32N2O4/c1-23(2,3)29-22(27)18(11-6-5-9-13-24)19(21(26)28-4)14-16-15-25-20-12-8-7-10-17(16)20/h7-8,10,12,15,25H,5-6,9,11,13-14,24H2,1-4H3. The van der Waals surface area contributed by atoms with Gasteiger partial charge >= 0.3 is 11.9 Å². The van der Waals surface area contributed by atoms with Crippen LogP contribution in [-0.2, 0) is 25.5 Å². The Morgan fingerprint density at radius 1 is 1.03 bits per heavy atom. The van der Waals surface area contributed by atoms with Crippen LogP contribution in [0, 0.1) is 0 Å². The van der Waals surface area contributed by atoms with Gasteiger partial charge in [0.1, 0.15) is 5.60 Å². The lowest BCUT2D eigenvalue weighted by Crippen LogP contribution is -2.27. The maximum absolute atomic E-state index is 13.0. The molecule has 1 heterocycles. The monoisotopic (exact) mass is 400 g/mol. The van der Waals surface area contributed by atoms with Gasteiger partial charge in [-0.1, -0.05) is 24.6 Å². The van der Waals surface area contributed by atoms with Crippen LogP contribution < -0.4 is 5.73 Å². The quantitative estimate of drug-likeness (QED) is 0.376. The topological polar surface area (TPSA) is 94.4 Å². The minimum atomic E-state index is -0.651. The molecule has 0 spiro atoms. The van der Waals surface area contributed by atoms with Gasteiger partial charge < -0.3 is 20.2 Å². The summed E-state index contributed by atoms with van der Waals surface area (Å²) in [4.78, 5) is 28.8. The molecule has 0 fully saturated rings. The number of aromatic amines is 1. The number of unbranched alkanes of at least 4 members (excludes halogenated alkanes) is 2. The van der Waals surface area contributed by atoms with Gasteiger partial charge in [0.25, 0.3) is 0 Å². The number of hydrogen-bond donors (Lipinski definition) is 2. The molecule has 0 aliphatic rings. The summed E-state index contributed by atoms with van der Waals surface area (Å²) >= 11 is 0. The van der Waals surface area contributed by atoms with Crippen molar-refractivity contribution in [3.05, 3.63) is 47.2 Å². The molecular weight excluding hydrogens is 368 g/mol. The van der Waals surface area contributed by atoms with E-state index in [9.17, 15) is 9.59 Å². The summed E-state index contributed by atoms with van der Waals surface area (Å²) in [7, 11) is 1.33. The fourth-order valence-corrected chi connectivity index (χ4v) is 3.23. The molecule has 6 nitrogen and oxygen atoms in total. The molecule has 0 amide bonds. The molecule has 0 atom stereocenters. The van der Waals surface area contributed by atoms with Gasteiger partial charge in [0.15, 0.2) is 0 Å². The van der Waals surface area contributed by atoms with Crippen molar-refractivity contribution >= 4 is 22.8 Å². The van der Waals surface area contributed by atoms with E-state index in [1.165, 1.54) is 7.11 Å². The number of rotatable bonds is 9. The van der Waals surface area contributed by atoms with E-state index in [4.69, 9.17) is 15.2 Å². The van der Waals surface area contributed by atoms with Crippen molar-refractivity contribution in [1.29, 1.82) is 0 Å². The zero-order valence-corrected chi connectivity index (χ0v) is 17.8. The van der Waals surface area contributed by atoms with Crippen LogP contribution >= 0.6 is 0 Å². The van der Waals surface area contributed by atoms with Crippen molar-refractivity contribution in [2.45, 2.75) is 58.5 Å². The lowest BCUT2D eigenvalue weighted by Gasteiger charge is -2.22. The van der Waals surface area contributed by atoms with E-state index < -0.39 is 17.5 Å². The van der Waals surface area contributed by atoms with Crippen LogP contribution in [0.2, 0.25) is 0 Å². The molecule has 0 aliphatic carbocycles. The first-order valence-corrected chi connectivity index (χ1v) is 10.1. The highest BCUT2D eigenvalue weighted by atomic mass is 16.6. The minimum Gasteiger partial charge on any atom is -0.466 e. The molecule has 1 aromatic heterocycles. The maximum Gasteiger partial charge on any atom is 0.335 e. The average molecular weight is 401 g/mol. The number of benzene rings is 1. The van der Waals surface area contributed by atoms with E-state index >= 15 is 0 Å². The number of para-hydroxylation sites is 1. The van der Waals surface area contributed by atoms with E-state index in [1.807, 2.05) is 51.2 Å². The molecule has 0 unspecified atom stereocenters. The van der Waals surface area contributed by atoms with E-state index in [2.05, 4.69) is 4.98 Å². The van der Waals surface area contributed by atoms with Crippen molar-refractivity contribution in [3.63, 3.8) is 0 Å². The van der Waals surface area contributed by atoms with Gasteiger partial charge in [0.2, 0.25) is 0 Å². The van der Waals surface area contributed by atoms with Gasteiger partial charge in [-0.2, -0.15) is 0 Å². The molecule has 6 heteroatoms. The lowest BCUT2D eigenvalue weighted by atomic mass is 9.95. The molecule has 0 aliphatic heterocycles. The fourth-order valence-electron chi connectivity index (χ4n) is 3.23. The Bertz CT molecular complexity index is 874. The highest BCUT2D eigenvalue weighted by Crippen LogP contribution is 2.26. The van der Waals surface area contributed by atoms with Gasteiger partial charge in [-0.3, -0.25) is 0 Å². The van der Waals surface area contributed by atoms with Crippen LogP contribution in [-0.4, -0.2) is 36.2 Å². The zero-order valence-electron chi connectivity index (χ0n) is 17.8. The van der Waals surface area contributed by atoms with E-state index in [0.29, 0.717) is 30.5 Å². The van der Waals surface area contributed by atoms with Crippen molar-refractivity contribution in [3.8, 4) is 0 Å². The van der Waals surface area contributed by atoms with E-state index in [1.54, 1.807) is 0 Å². The molecule has 0 saturated carbocycles. The van der Waals surface area contributed by atoms with Gasteiger partial charge in [-0.15, -0.1) is 0 Å². The number of hydrogen-bond acceptors (Lipinski definition) is 5. The number of fused-ring (bicyclic) bond motifs is 1. The SMILES string of the molecule is COC(=O)C(Cc1c[nH]c2ccccc12)=C(CCCCCN)C(=O)OC(C)(C)C. The molecular formula is C23H32N2O4. The van der Waals surface area contributed by atoms with Gasteiger partial charge in [-0.05, 0) is 58.2 Å². The third-order valence-corrected chi connectivity index (χ3v) is 4.61. The first-order chi connectivity index (χ1) is 13.8.